The zero-order valence-corrected chi connectivity index (χ0v) is 20.1. The lowest BCUT2D eigenvalue weighted by Crippen LogP contribution is -2.20. The van der Waals surface area contributed by atoms with Crippen LogP contribution in [-0.2, 0) is 10.5 Å². The number of nitrogens with one attached hydrogen (secondary N) is 2. The standard InChI is InChI=1S/C26H24N4O4S/c1-3-34-25(32)18-9-11-19(12-10-18)28-26(33)29-21-6-4-5-7-22(21)35-16-20-14-24(31)30-15-17(2)8-13-23(30)27-20/h4-15H,3,16H2,1-2H3,(H2,28,29,33). The maximum absolute atomic E-state index is 12.6. The van der Waals surface area contributed by atoms with Crippen LogP contribution < -0.4 is 16.2 Å². The molecule has 0 unspecified atom stereocenters. The van der Waals surface area contributed by atoms with Crippen molar-refractivity contribution in [1.82, 2.24) is 9.38 Å². The third-order valence-electron chi connectivity index (χ3n) is 5.03. The quantitative estimate of drug-likeness (QED) is 0.277. The largest absolute Gasteiger partial charge is 0.462 e. The van der Waals surface area contributed by atoms with Crippen LogP contribution in [0, 0.1) is 6.92 Å². The van der Waals surface area contributed by atoms with Crippen LogP contribution in [0.25, 0.3) is 5.65 Å². The molecule has 4 aromatic rings. The number of anilines is 2. The second-order valence-electron chi connectivity index (χ2n) is 7.68. The van der Waals surface area contributed by atoms with E-state index < -0.39 is 12.0 Å². The molecule has 178 valence electrons. The molecule has 0 aliphatic carbocycles. The summed E-state index contributed by atoms with van der Waals surface area (Å²) in [5.74, 6) is 0.0584. The number of urea groups is 1. The van der Waals surface area contributed by atoms with Crippen molar-refractivity contribution in [3.05, 3.63) is 100 Å². The molecule has 0 fully saturated rings. The lowest BCUT2D eigenvalue weighted by atomic mass is 10.2. The van der Waals surface area contributed by atoms with Crippen molar-refractivity contribution in [2.75, 3.05) is 17.2 Å². The number of amides is 2. The van der Waals surface area contributed by atoms with Crippen molar-refractivity contribution in [3.8, 4) is 0 Å². The predicted molar refractivity (Wildman–Crippen MR) is 137 cm³/mol. The van der Waals surface area contributed by atoms with E-state index in [0.29, 0.717) is 40.6 Å². The van der Waals surface area contributed by atoms with E-state index in [1.807, 2.05) is 37.3 Å². The van der Waals surface area contributed by atoms with Crippen LogP contribution in [0.4, 0.5) is 16.2 Å². The number of aromatic nitrogens is 2. The number of fused-ring (bicyclic) bond motifs is 1. The number of thioether (sulfide) groups is 1. The molecule has 9 heteroatoms. The minimum atomic E-state index is -0.417. The van der Waals surface area contributed by atoms with Gasteiger partial charge in [0.1, 0.15) is 5.65 Å². The molecule has 0 bridgehead atoms. The number of para-hydroxylation sites is 1. The molecule has 2 N–H and O–H groups in total. The van der Waals surface area contributed by atoms with Gasteiger partial charge in [-0.15, -0.1) is 11.8 Å². The summed E-state index contributed by atoms with van der Waals surface area (Å²) in [5, 5.41) is 5.61. The molecule has 0 aliphatic rings. The third-order valence-corrected chi connectivity index (χ3v) is 6.13. The van der Waals surface area contributed by atoms with Crippen LogP contribution in [0.5, 0.6) is 0 Å². The number of rotatable bonds is 7. The Labute approximate surface area is 206 Å². The SMILES string of the molecule is CCOC(=O)c1ccc(NC(=O)Nc2ccccc2SCc2cc(=O)n3cc(C)ccc3n2)cc1. The molecule has 2 amide bonds. The second-order valence-corrected chi connectivity index (χ2v) is 8.70. The summed E-state index contributed by atoms with van der Waals surface area (Å²) in [6, 6.07) is 18.7. The van der Waals surface area contributed by atoms with Gasteiger partial charge in [0.2, 0.25) is 0 Å². The highest BCUT2D eigenvalue weighted by Crippen LogP contribution is 2.29. The summed E-state index contributed by atoms with van der Waals surface area (Å²) < 4.78 is 6.49. The highest BCUT2D eigenvalue weighted by atomic mass is 32.2. The minimum absolute atomic E-state index is 0.130. The van der Waals surface area contributed by atoms with E-state index in [0.717, 1.165) is 10.5 Å². The van der Waals surface area contributed by atoms with E-state index in [4.69, 9.17) is 4.74 Å². The summed E-state index contributed by atoms with van der Waals surface area (Å²) in [4.78, 5) is 42.2. The molecule has 0 saturated carbocycles. The first kappa shape index (κ1) is 24.0. The van der Waals surface area contributed by atoms with Gasteiger partial charge in [-0.05, 0) is 61.9 Å². The van der Waals surface area contributed by atoms with Gasteiger partial charge in [0.25, 0.3) is 5.56 Å². The Bertz CT molecular complexity index is 1430. The van der Waals surface area contributed by atoms with Gasteiger partial charge in [-0.2, -0.15) is 0 Å². The molecule has 2 aromatic heterocycles. The number of esters is 1. The maximum Gasteiger partial charge on any atom is 0.338 e. The molecular formula is C26H24N4O4S. The normalized spacial score (nSPS) is 10.7. The van der Waals surface area contributed by atoms with Gasteiger partial charge < -0.3 is 15.4 Å². The average molecular weight is 489 g/mol. The molecule has 35 heavy (non-hydrogen) atoms. The molecule has 2 heterocycles. The van der Waals surface area contributed by atoms with Gasteiger partial charge in [0.15, 0.2) is 0 Å². The molecule has 0 spiro atoms. The van der Waals surface area contributed by atoms with E-state index in [1.54, 1.807) is 43.5 Å². The highest BCUT2D eigenvalue weighted by molar-refractivity contribution is 7.98. The van der Waals surface area contributed by atoms with Crippen LogP contribution in [-0.4, -0.2) is 28.0 Å². The number of pyridine rings is 1. The maximum atomic E-state index is 12.6. The Balaban J connectivity index is 1.41. The van der Waals surface area contributed by atoms with Gasteiger partial charge in [0.05, 0.1) is 23.6 Å². The topological polar surface area (TPSA) is 102 Å². The smallest absolute Gasteiger partial charge is 0.338 e. The lowest BCUT2D eigenvalue weighted by Gasteiger charge is -2.12. The van der Waals surface area contributed by atoms with E-state index in [1.165, 1.54) is 22.2 Å². The first-order valence-corrected chi connectivity index (χ1v) is 12.0. The van der Waals surface area contributed by atoms with Crippen molar-refractivity contribution < 1.29 is 14.3 Å². The lowest BCUT2D eigenvalue weighted by molar-refractivity contribution is 0.0526. The fourth-order valence-electron chi connectivity index (χ4n) is 3.37. The highest BCUT2D eigenvalue weighted by Gasteiger charge is 2.11. The Kier molecular flexibility index (Phi) is 7.47. The molecule has 0 radical (unpaired) electrons. The van der Waals surface area contributed by atoms with E-state index in [2.05, 4.69) is 15.6 Å². The number of carbonyl (C=O) groups excluding carboxylic acids is 2. The molecule has 8 nitrogen and oxygen atoms in total. The van der Waals surface area contributed by atoms with Crippen LogP contribution in [0.15, 0.2) is 82.6 Å². The molecular weight excluding hydrogens is 464 g/mol. The number of hydrogen-bond acceptors (Lipinski definition) is 6. The van der Waals surface area contributed by atoms with Crippen molar-refractivity contribution in [1.29, 1.82) is 0 Å². The fraction of sp³-hybridized carbons (Fsp3) is 0.154. The molecule has 2 aromatic carbocycles. The number of carbonyl (C=O) groups is 2. The van der Waals surface area contributed by atoms with Crippen LogP contribution in [0.1, 0.15) is 28.5 Å². The predicted octanol–water partition coefficient (Wildman–Crippen LogP) is 5.12. The molecule has 4 rings (SSSR count). The fourth-order valence-corrected chi connectivity index (χ4v) is 4.27. The van der Waals surface area contributed by atoms with Gasteiger partial charge in [0, 0.05) is 28.6 Å². The number of hydrogen-bond donors (Lipinski definition) is 2. The van der Waals surface area contributed by atoms with Gasteiger partial charge in [-0.25, -0.2) is 14.6 Å². The second kappa shape index (κ2) is 10.9. The van der Waals surface area contributed by atoms with Crippen molar-refractivity contribution in [2.24, 2.45) is 0 Å². The molecule has 0 aliphatic heterocycles. The molecule has 0 atom stereocenters. The number of nitrogens with zero attached hydrogens (tertiary/aromatic N) is 2. The monoisotopic (exact) mass is 488 g/mol. The van der Waals surface area contributed by atoms with E-state index in [-0.39, 0.29) is 5.56 Å². The number of ether oxygens (including phenoxy) is 1. The first-order valence-electron chi connectivity index (χ1n) is 11.0. The Morgan fingerprint density at radius 1 is 1.03 bits per heavy atom. The summed E-state index contributed by atoms with van der Waals surface area (Å²) in [6.07, 6.45) is 1.77. The molecule has 0 saturated heterocycles. The average Bonchev–Trinajstić information content (AvgIpc) is 2.84. The summed E-state index contributed by atoms with van der Waals surface area (Å²) in [7, 11) is 0. The van der Waals surface area contributed by atoms with E-state index >= 15 is 0 Å². The van der Waals surface area contributed by atoms with Crippen molar-refractivity contribution >= 4 is 40.8 Å². The summed E-state index contributed by atoms with van der Waals surface area (Å²) >= 11 is 1.47. The van der Waals surface area contributed by atoms with Crippen molar-refractivity contribution in [3.63, 3.8) is 0 Å². The van der Waals surface area contributed by atoms with Gasteiger partial charge in [-0.3, -0.25) is 9.20 Å². The van der Waals surface area contributed by atoms with Gasteiger partial charge in [-0.1, -0.05) is 18.2 Å². The summed E-state index contributed by atoms with van der Waals surface area (Å²) in [6.45, 7) is 3.97. The van der Waals surface area contributed by atoms with Gasteiger partial charge >= 0.3 is 12.0 Å². The zero-order chi connectivity index (χ0) is 24.8. The summed E-state index contributed by atoms with van der Waals surface area (Å²) in [5.41, 5.74) is 3.69. The minimum Gasteiger partial charge on any atom is -0.462 e. The third kappa shape index (κ3) is 6.07. The Hall–Kier alpha value is -4.11. The van der Waals surface area contributed by atoms with Crippen molar-refractivity contribution in [2.45, 2.75) is 24.5 Å². The van der Waals surface area contributed by atoms with E-state index in [9.17, 15) is 14.4 Å². The van der Waals surface area contributed by atoms with Crippen LogP contribution >= 0.6 is 11.8 Å². The number of aryl methyl sites for hydroxylation is 1. The zero-order valence-electron chi connectivity index (χ0n) is 19.3. The first-order chi connectivity index (χ1) is 16.9. The Morgan fingerprint density at radius 2 is 1.80 bits per heavy atom. The number of benzene rings is 2. The van der Waals surface area contributed by atoms with Crippen LogP contribution in [0.3, 0.4) is 0 Å². The Morgan fingerprint density at radius 3 is 2.57 bits per heavy atom. The van der Waals surface area contributed by atoms with Crippen LogP contribution in [0.2, 0.25) is 0 Å².